The molecule has 0 fully saturated rings. The average Bonchev–Trinajstić information content (AvgIpc) is 2.63. The molecule has 2 aromatic carbocycles. The summed E-state index contributed by atoms with van der Waals surface area (Å²) < 4.78 is 10.5. The summed E-state index contributed by atoms with van der Waals surface area (Å²) in [4.78, 5) is 24.4. The second-order valence-corrected chi connectivity index (χ2v) is 6.96. The van der Waals surface area contributed by atoms with Gasteiger partial charge in [0.05, 0.1) is 12.7 Å². The Hall–Kier alpha value is -2.82. The fraction of sp³-hybridized carbons (Fsp3) is 0.333. The van der Waals surface area contributed by atoms with Crippen molar-refractivity contribution >= 4 is 17.4 Å². The number of nitrogens with one attached hydrogen (secondary N) is 1. The molecular formula is C21H25NO4. The minimum atomic E-state index is -0.540. The SMILES string of the molecule is COc1ccccc1CNc1ccccc1C(=O)OCC(=O)C(C)(C)C. The Balaban J connectivity index is 2.07. The van der Waals surface area contributed by atoms with Crippen LogP contribution in [0.4, 0.5) is 5.69 Å². The highest BCUT2D eigenvalue weighted by atomic mass is 16.5. The molecule has 0 heterocycles. The fourth-order valence-corrected chi connectivity index (χ4v) is 2.28. The van der Waals surface area contributed by atoms with Crippen LogP contribution in [0.15, 0.2) is 48.5 Å². The summed E-state index contributed by atoms with van der Waals surface area (Å²) in [5.74, 6) is 0.131. The van der Waals surface area contributed by atoms with Crippen molar-refractivity contribution in [2.75, 3.05) is 19.0 Å². The van der Waals surface area contributed by atoms with Gasteiger partial charge in [-0.15, -0.1) is 0 Å². The summed E-state index contributed by atoms with van der Waals surface area (Å²) >= 11 is 0. The Morgan fingerprint density at radius 1 is 1.00 bits per heavy atom. The van der Waals surface area contributed by atoms with Gasteiger partial charge in [-0.25, -0.2) is 4.79 Å². The van der Waals surface area contributed by atoms with Gasteiger partial charge in [0.2, 0.25) is 0 Å². The third kappa shape index (κ3) is 5.09. The van der Waals surface area contributed by atoms with Crippen LogP contribution >= 0.6 is 0 Å². The first kappa shape index (κ1) is 19.5. The number of para-hydroxylation sites is 2. The van der Waals surface area contributed by atoms with Crippen molar-refractivity contribution in [3.8, 4) is 5.75 Å². The van der Waals surface area contributed by atoms with E-state index in [9.17, 15) is 9.59 Å². The molecule has 0 bridgehead atoms. The first-order valence-electron chi connectivity index (χ1n) is 8.48. The van der Waals surface area contributed by atoms with Crippen LogP contribution in [0.3, 0.4) is 0 Å². The number of esters is 1. The van der Waals surface area contributed by atoms with Gasteiger partial charge in [0.15, 0.2) is 12.4 Å². The molecule has 2 aromatic rings. The van der Waals surface area contributed by atoms with Gasteiger partial charge in [-0.1, -0.05) is 51.1 Å². The zero-order chi connectivity index (χ0) is 19.2. The van der Waals surface area contributed by atoms with Gasteiger partial charge in [-0.3, -0.25) is 4.79 Å². The highest BCUT2D eigenvalue weighted by Crippen LogP contribution is 2.22. The Labute approximate surface area is 154 Å². The molecule has 1 N–H and O–H groups in total. The molecule has 0 spiro atoms. The van der Waals surface area contributed by atoms with Crippen molar-refractivity contribution in [3.05, 3.63) is 59.7 Å². The Morgan fingerprint density at radius 3 is 2.35 bits per heavy atom. The molecule has 138 valence electrons. The van der Waals surface area contributed by atoms with E-state index < -0.39 is 11.4 Å². The van der Waals surface area contributed by atoms with E-state index in [1.807, 2.05) is 30.3 Å². The summed E-state index contributed by atoms with van der Waals surface area (Å²) in [5.41, 5.74) is 1.47. The van der Waals surface area contributed by atoms with Gasteiger partial charge in [0.1, 0.15) is 5.75 Å². The molecule has 0 saturated heterocycles. The number of carbonyl (C=O) groups is 2. The number of ether oxygens (including phenoxy) is 2. The molecule has 0 aromatic heterocycles. The third-order valence-electron chi connectivity index (χ3n) is 3.98. The largest absolute Gasteiger partial charge is 0.496 e. The fourth-order valence-electron chi connectivity index (χ4n) is 2.28. The number of ketones is 1. The summed E-state index contributed by atoms with van der Waals surface area (Å²) in [6.45, 7) is 5.65. The first-order chi connectivity index (χ1) is 12.3. The molecule has 2 rings (SSSR count). The average molecular weight is 355 g/mol. The van der Waals surface area contributed by atoms with Crippen molar-refractivity contribution in [2.24, 2.45) is 5.41 Å². The third-order valence-corrected chi connectivity index (χ3v) is 3.98. The number of anilines is 1. The van der Waals surface area contributed by atoms with E-state index >= 15 is 0 Å². The Bertz CT molecular complexity index is 778. The van der Waals surface area contributed by atoms with Crippen LogP contribution in [0.1, 0.15) is 36.7 Å². The lowest BCUT2D eigenvalue weighted by atomic mass is 9.91. The molecule has 5 nitrogen and oxygen atoms in total. The van der Waals surface area contributed by atoms with Crippen LogP contribution in [0.2, 0.25) is 0 Å². The number of carbonyl (C=O) groups excluding carboxylic acids is 2. The van der Waals surface area contributed by atoms with E-state index in [4.69, 9.17) is 9.47 Å². The van der Waals surface area contributed by atoms with Crippen molar-refractivity contribution < 1.29 is 19.1 Å². The number of benzene rings is 2. The zero-order valence-electron chi connectivity index (χ0n) is 15.7. The summed E-state index contributed by atoms with van der Waals surface area (Å²) in [6, 6.07) is 14.7. The maximum Gasteiger partial charge on any atom is 0.340 e. The highest BCUT2D eigenvalue weighted by molar-refractivity contribution is 5.97. The van der Waals surface area contributed by atoms with Gasteiger partial charge in [-0.05, 0) is 18.2 Å². The number of hydrogen-bond donors (Lipinski definition) is 1. The molecule has 0 aliphatic heterocycles. The molecule has 0 saturated carbocycles. The molecule has 0 unspecified atom stereocenters. The maximum absolute atomic E-state index is 12.4. The van der Waals surface area contributed by atoms with Crippen LogP contribution in [-0.2, 0) is 16.1 Å². The van der Waals surface area contributed by atoms with Gasteiger partial charge in [-0.2, -0.15) is 0 Å². The van der Waals surface area contributed by atoms with Crippen molar-refractivity contribution in [1.29, 1.82) is 0 Å². The normalized spacial score (nSPS) is 10.9. The molecule has 0 radical (unpaired) electrons. The lowest BCUT2D eigenvalue weighted by Gasteiger charge is -2.17. The van der Waals surface area contributed by atoms with E-state index in [1.54, 1.807) is 46.1 Å². The second kappa shape index (κ2) is 8.52. The minimum Gasteiger partial charge on any atom is -0.496 e. The van der Waals surface area contributed by atoms with Gasteiger partial charge in [0, 0.05) is 23.2 Å². The lowest BCUT2D eigenvalue weighted by Crippen LogP contribution is -2.26. The van der Waals surface area contributed by atoms with Gasteiger partial charge >= 0.3 is 5.97 Å². The predicted octanol–water partition coefficient (Wildman–Crippen LogP) is 4.08. The zero-order valence-corrected chi connectivity index (χ0v) is 15.7. The van der Waals surface area contributed by atoms with Crippen LogP contribution in [0.5, 0.6) is 5.75 Å². The van der Waals surface area contributed by atoms with Crippen LogP contribution in [-0.4, -0.2) is 25.5 Å². The van der Waals surface area contributed by atoms with E-state index in [2.05, 4.69) is 5.32 Å². The van der Waals surface area contributed by atoms with Crippen LogP contribution in [0, 0.1) is 5.41 Å². The molecule has 26 heavy (non-hydrogen) atoms. The molecular weight excluding hydrogens is 330 g/mol. The Kier molecular flexibility index (Phi) is 6.39. The lowest BCUT2D eigenvalue weighted by molar-refractivity contribution is -0.129. The highest BCUT2D eigenvalue weighted by Gasteiger charge is 2.23. The van der Waals surface area contributed by atoms with Crippen LogP contribution < -0.4 is 10.1 Å². The number of hydrogen-bond acceptors (Lipinski definition) is 5. The summed E-state index contributed by atoms with van der Waals surface area (Å²) in [7, 11) is 1.62. The molecule has 0 atom stereocenters. The molecule has 5 heteroatoms. The monoisotopic (exact) mass is 355 g/mol. The number of Topliss-reactive ketones (excluding diaryl/α,β-unsaturated/α-hetero) is 1. The Morgan fingerprint density at radius 2 is 1.65 bits per heavy atom. The van der Waals surface area contributed by atoms with Gasteiger partial charge in [0.25, 0.3) is 0 Å². The van der Waals surface area contributed by atoms with Crippen molar-refractivity contribution in [3.63, 3.8) is 0 Å². The topological polar surface area (TPSA) is 64.6 Å². The quantitative estimate of drug-likeness (QED) is 0.758. The maximum atomic E-state index is 12.4. The van der Waals surface area contributed by atoms with E-state index in [-0.39, 0.29) is 12.4 Å². The summed E-state index contributed by atoms with van der Waals surface area (Å²) in [5, 5.41) is 3.24. The predicted molar refractivity (Wildman–Crippen MR) is 102 cm³/mol. The number of methoxy groups -OCH3 is 1. The van der Waals surface area contributed by atoms with E-state index in [1.165, 1.54) is 0 Å². The van der Waals surface area contributed by atoms with Crippen molar-refractivity contribution in [1.82, 2.24) is 0 Å². The minimum absolute atomic E-state index is 0.120. The summed E-state index contributed by atoms with van der Waals surface area (Å²) in [6.07, 6.45) is 0. The van der Waals surface area contributed by atoms with Crippen molar-refractivity contribution in [2.45, 2.75) is 27.3 Å². The van der Waals surface area contributed by atoms with E-state index in [0.29, 0.717) is 17.8 Å². The number of rotatable bonds is 7. The van der Waals surface area contributed by atoms with Crippen LogP contribution in [0.25, 0.3) is 0 Å². The first-order valence-corrected chi connectivity index (χ1v) is 8.48. The van der Waals surface area contributed by atoms with E-state index in [0.717, 1.165) is 11.3 Å². The molecule has 0 aliphatic carbocycles. The van der Waals surface area contributed by atoms with Gasteiger partial charge < -0.3 is 14.8 Å². The smallest absolute Gasteiger partial charge is 0.340 e. The molecule has 0 aliphatic rings. The standard InChI is InChI=1S/C21H25NO4/c1-21(2,3)19(23)14-26-20(24)16-10-6-7-11-17(16)22-13-15-9-5-8-12-18(15)25-4/h5-12,22H,13-14H2,1-4H3. The second-order valence-electron chi connectivity index (χ2n) is 6.96. The molecule has 0 amide bonds.